The second-order valence-corrected chi connectivity index (χ2v) is 9.43. The smallest absolute Gasteiger partial charge is 0.330 e. The molecular weight excluding hydrogens is 458 g/mol. The van der Waals surface area contributed by atoms with Gasteiger partial charge in [0.2, 0.25) is 5.91 Å². The van der Waals surface area contributed by atoms with Gasteiger partial charge in [-0.1, -0.05) is 37.6 Å². The summed E-state index contributed by atoms with van der Waals surface area (Å²) in [7, 11) is 1.48. The normalized spacial score (nSPS) is 13.3. The van der Waals surface area contributed by atoms with Crippen molar-refractivity contribution in [2.45, 2.75) is 39.2 Å². The minimum absolute atomic E-state index is 0.0491. The van der Waals surface area contributed by atoms with Crippen molar-refractivity contribution < 1.29 is 9.59 Å². The molecule has 1 aliphatic carbocycles. The van der Waals surface area contributed by atoms with Crippen LogP contribution in [0.3, 0.4) is 0 Å². The third-order valence-electron chi connectivity index (χ3n) is 5.62. The molecule has 0 unspecified atom stereocenters. The van der Waals surface area contributed by atoms with E-state index < -0.39 is 23.1 Å². The van der Waals surface area contributed by atoms with Gasteiger partial charge in [-0.25, -0.2) is 9.78 Å². The number of amides is 2. The van der Waals surface area contributed by atoms with E-state index in [-0.39, 0.29) is 35.0 Å². The number of aromatic nitrogens is 3. The van der Waals surface area contributed by atoms with Gasteiger partial charge in [-0.3, -0.25) is 23.9 Å². The maximum Gasteiger partial charge on any atom is 0.330 e. The van der Waals surface area contributed by atoms with Gasteiger partial charge in [-0.05, 0) is 37.0 Å². The molecule has 0 saturated heterocycles. The molecule has 0 aliphatic heterocycles. The number of carbonyl (C=O) groups is 2. The maximum absolute atomic E-state index is 13.4. The number of rotatable bonds is 7. The van der Waals surface area contributed by atoms with Gasteiger partial charge in [0.15, 0.2) is 5.65 Å². The van der Waals surface area contributed by atoms with E-state index in [1.807, 2.05) is 13.8 Å². The zero-order chi connectivity index (χ0) is 24.6. The number of para-hydroxylation sites is 1. The number of benzene rings is 1. The first kappa shape index (κ1) is 23.7. The SMILES string of the molecule is CC(C)Cn1c(=O)[nH]c(=O)c2c(C(=O)N(C)CC(=O)Nc3ccccc3Cl)cc(C3CC3)nc21. The standard InChI is InChI=1S/C24H26ClN5O4/c1-13(2)11-30-21-20(22(32)28-24(30)34)15(10-18(27-21)14-8-9-14)23(33)29(3)12-19(31)26-17-7-5-4-6-16(17)25/h4-7,10,13-14H,8-9,11-12H2,1-3H3,(H,26,31)(H,28,32,34). The highest BCUT2D eigenvalue weighted by atomic mass is 35.5. The summed E-state index contributed by atoms with van der Waals surface area (Å²) in [6, 6.07) is 8.41. The predicted octanol–water partition coefficient (Wildman–Crippen LogP) is 2.98. The number of nitrogens with zero attached hydrogens (tertiary/aromatic N) is 3. The molecular formula is C24H26ClN5O4. The van der Waals surface area contributed by atoms with E-state index in [1.165, 1.54) is 16.5 Å². The van der Waals surface area contributed by atoms with Crippen molar-refractivity contribution in [1.29, 1.82) is 0 Å². The third kappa shape index (κ3) is 4.89. The number of hydrogen-bond donors (Lipinski definition) is 2. The summed E-state index contributed by atoms with van der Waals surface area (Å²) in [4.78, 5) is 59.5. The molecule has 2 aromatic heterocycles. The Labute approximate surface area is 200 Å². The van der Waals surface area contributed by atoms with Crippen molar-refractivity contribution in [3.05, 3.63) is 67.4 Å². The molecule has 0 radical (unpaired) electrons. The number of fused-ring (bicyclic) bond motifs is 1. The molecule has 1 aliphatic rings. The summed E-state index contributed by atoms with van der Waals surface area (Å²) in [6.45, 7) is 3.99. The monoisotopic (exact) mass is 483 g/mol. The van der Waals surface area contributed by atoms with E-state index in [9.17, 15) is 19.2 Å². The van der Waals surface area contributed by atoms with E-state index in [4.69, 9.17) is 11.6 Å². The Kier molecular flexibility index (Phi) is 6.56. The van der Waals surface area contributed by atoms with Crippen LogP contribution in [-0.2, 0) is 11.3 Å². The van der Waals surface area contributed by atoms with Crippen LogP contribution in [0.4, 0.5) is 5.69 Å². The molecule has 2 heterocycles. The number of pyridine rings is 1. The summed E-state index contributed by atoms with van der Waals surface area (Å²) in [5.74, 6) is -0.639. The molecule has 2 N–H and O–H groups in total. The average Bonchev–Trinajstić information content (AvgIpc) is 3.62. The summed E-state index contributed by atoms with van der Waals surface area (Å²) < 4.78 is 1.41. The highest BCUT2D eigenvalue weighted by Crippen LogP contribution is 2.40. The number of aromatic amines is 1. The van der Waals surface area contributed by atoms with Crippen LogP contribution >= 0.6 is 11.6 Å². The molecule has 0 bridgehead atoms. The second kappa shape index (κ2) is 9.42. The van der Waals surface area contributed by atoms with Crippen LogP contribution in [0.25, 0.3) is 11.0 Å². The van der Waals surface area contributed by atoms with Gasteiger partial charge in [0.05, 0.1) is 28.2 Å². The predicted molar refractivity (Wildman–Crippen MR) is 130 cm³/mol. The summed E-state index contributed by atoms with van der Waals surface area (Å²) in [5.41, 5.74) is 0.203. The number of H-pyrrole nitrogens is 1. The molecule has 1 fully saturated rings. The Bertz CT molecular complexity index is 1390. The summed E-state index contributed by atoms with van der Waals surface area (Å²) in [5, 5.41) is 3.12. The van der Waals surface area contributed by atoms with E-state index in [2.05, 4.69) is 15.3 Å². The van der Waals surface area contributed by atoms with Gasteiger partial charge in [-0.15, -0.1) is 0 Å². The number of nitrogens with one attached hydrogen (secondary N) is 2. The molecule has 2 amide bonds. The largest absolute Gasteiger partial charge is 0.332 e. The Morgan fingerprint density at radius 3 is 2.62 bits per heavy atom. The van der Waals surface area contributed by atoms with Gasteiger partial charge in [0.25, 0.3) is 11.5 Å². The lowest BCUT2D eigenvalue weighted by molar-refractivity contribution is -0.116. The van der Waals surface area contributed by atoms with Crippen LogP contribution in [0.15, 0.2) is 39.9 Å². The second-order valence-electron chi connectivity index (χ2n) is 9.02. The lowest BCUT2D eigenvalue weighted by atomic mass is 10.1. The minimum atomic E-state index is -0.674. The molecule has 1 saturated carbocycles. The molecule has 10 heteroatoms. The van der Waals surface area contributed by atoms with Gasteiger partial charge in [0, 0.05) is 25.2 Å². The topological polar surface area (TPSA) is 117 Å². The van der Waals surface area contributed by atoms with Crippen molar-refractivity contribution >= 4 is 40.1 Å². The fourth-order valence-corrected chi connectivity index (χ4v) is 4.01. The van der Waals surface area contributed by atoms with Gasteiger partial charge in [-0.2, -0.15) is 0 Å². The van der Waals surface area contributed by atoms with E-state index in [0.29, 0.717) is 22.9 Å². The lowest BCUT2D eigenvalue weighted by Gasteiger charge is -2.19. The Morgan fingerprint density at radius 1 is 1.26 bits per heavy atom. The zero-order valence-electron chi connectivity index (χ0n) is 19.2. The fourth-order valence-electron chi connectivity index (χ4n) is 3.83. The van der Waals surface area contributed by atoms with Crippen molar-refractivity contribution in [2.24, 2.45) is 5.92 Å². The summed E-state index contributed by atoms with van der Waals surface area (Å²) in [6.07, 6.45) is 1.86. The number of anilines is 1. The van der Waals surface area contributed by atoms with Crippen molar-refractivity contribution in [3.63, 3.8) is 0 Å². The number of likely N-dealkylation sites (N-methyl/N-ethyl adjacent to an activating group) is 1. The molecule has 34 heavy (non-hydrogen) atoms. The molecule has 9 nitrogen and oxygen atoms in total. The van der Waals surface area contributed by atoms with Crippen LogP contribution in [-0.4, -0.2) is 44.8 Å². The van der Waals surface area contributed by atoms with E-state index in [0.717, 1.165) is 12.8 Å². The first-order valence-electron chi connectivity index (χ1n) is 11.1. The van der Waals surface area contributed by atoms with Gasteiger partial charge in [0.1, 0.15) is 0 Å². The molecule has 1 aromatic carbocycles. The van der Waals surface area contributed by atoms with Crippen LogP contribution in [0, 0.1) is 5.92 Å². The highest BCUT2D eigenvalue weighted by Gasteiger charge is 2.30. The van der Waals surface area contributed by atoms with E-state index in [1.54, 1.807) is 30.3 Å². The maximum atomic E-state index is 13.4. The highest BCUT2D eigenvalue weighted by molar-refractivity contribution is 6.33. The molecule has 178 valence electrons. The average molecular weight is 484 g/mol. The first-order chi connectivity index (χ1) is 16.2. The number of halogens is 1. The molecule has 0 spiro atoms. The lowest BCUT2D eigenvalue weighted by Crippen LogP contribution is -2.37. The minimum Gasteiger partial charge on any atom is -0.332 e. The number of hydrogen-bond acceptors (Lipinski definition) is 5. The molecule has 0 atom stereocenters. The fraction of sp³-hybridized carbons (Fsp3) is 0.375. The zero-order valence-corrected chi connectivity index (χ0v) is 20.0. The van der Waals surface area contributed by atoms with Crippen LogP contribution < -0.4 is 16.6 Å². The quantitative estimate of drug-likeness (QED) is 0.535. The van der Waals surface area contributed by atoms with E-state index >= 15 is 0 Å². The number of carbonyl (C=O) groups excluding carboxylic acids is 2. The molecule has 4 rings (SSSR count). The van der Waals surface area contributed by atoms with Crippen molar-refractivity contribution in [1.82, 2.24) is 19.4 Å². The van der Waals surface area contributed by atoms with Crippen molar-refractivity contribution in [3.8, 4) is 0 Å². The first-order valence-corrected chi connectivity index (χ1v) is 11.5. The van der Waals surface area contributed by atoms with Crippen LogP contribution in [0.1, 0.15) is 48.7 Å². The third-order valence-corrected chi connectivity index (χ3v) is 5.95. The van der Waals surface area contributed by atoms with Gasteiger partial charge >= 0.3 is 5.69 Å². The van der Waals surface area contributed by atoms with Crippen molar-refractivity contribution in [2.75, 3.05) is 18.9 Å². The summed E-state index contributed by atoms with van der Waals surface area (Å²) >= 11 is 6.09. The Hall–Kier alpha value is -3.46. The molecule has 3 aromatic rings. The van der Waals surface area contributed by atoms with Crippen LogP contribution in [0.2, 0.25) is 5.02 Å². The Balaban J connectivity index is 1.71. The Morgan fingerprint density at radius 2 is 1.97 bits per heavy atom. The van der Waals surface area contributed by atoms with Crippen LogP contribution in [0.5, 0.6) is 0 Å². The van der Waals surface area contributed by atoms with Gasteiger partial charge < -0.3 is 10.2 Å².